The molecule has 12 heteroatoms. The minimum absolute atomic E-state index is 0.0143. The Morgan fingerprint density at radius 3 is 2.29 bits per heavy atom. The predicted molar refractivity (Wildman–Crippen MR) is 124 cm³/mol. The molecule has 2 amide bonds. The molecular formula is C23H19F4N5O2S. The van der Waals surface area contributed by atoms with Gasteiger partial charge in [-0.15, -0.1) is 11.3 Å². The molecule has 0 bridgehead atoms. The van der Waals surface area contributed by atoms with Crippen LogP contribution in [0.25, 0.3) is 21.3 Å². The summed E-state index contributed by atoms with van der Waals surface area (Å²) in [6.45, 7) is 2.98. The molecular weight excluding hydrogens is 486 g/mol. The summed E-state index contributed by atoms with van der Waals surface area (Å²) in [6, 6.07) is 9.91. The highest BCUT2D eigenvalue weighted by Gasteiger charge is 2.27. The zero-order valence-corrected chi connectivity index (χ0v) is 19.2. The summed E-state index contributed by atoms with van der Waals surface area (Å²) in [5.74, 6) is -1.56. The van der Waals surface area contributed by atoms with Gasteiger partial charge < -0.3 is 11.1 Å². The number of nitrogens with two attached hydrogens (primary N) is 1. The fourth-order valence-corrected chi connectivity index (χ4v) is 4.73. The van der Waals surface area contributed by atoms with Gasteiger partial charge >= 0.3 is 0 Å². The SMILES string of the molecule is Cc1cc(C(F)F)nn1C(C)C(=O)Nc1c(C(N)=O)sc2nc(C(F)F)cc(-c3ccccc3)c12. The summed E-state index contributed by atoms with van der Waals surface area (Å²) in [5.41, 5.74) is 5.80. The highest BCUT2D eigenvalue weighted by atomic mass is 32.1. The van der Waals surface area contributed by atoms with Crippen LogP contribution in [0.15, 0.2) is 42.5 Å². The predicted octanol–water partition coefficient (Wildman–Crippen LogP) is 5.64. The van der Waals surface area contributed by atoms with Crippen molar-refractivity contribution >= 4 is 39.1 Å². The maximum atomic E-state index is 13.6. The number of aryl methyl sites for hydroxylation is 1. The Kier molecular flexibility index (Phi) is 6.57. The zero-order valence-electron chi connectivity index (χ0n) is 18.4. The van der Waals surface area contributed by atoms with Crippen LogP contribution >= 0.6 is 11.3 Å². The molecule has 1 atom stereocenters. The Hall–Kier alpha value is -3.80. The van der Waals surface area contributed by atoms with Gasteiger partial charge in [-0.05, 0) is 37.1 Å². The van der Waals surface area contributed by atoms with E-state index in [-0.39, 0.29) is 20.8 Å². The molecule has 182 valence electrons. The molecule has 3 aromatic heterocycles. The van der Waals surface area contributed by atoms with E-state index in [4.69, 9.17) is 5.73 Å². The average Bonchev–Trinajstić information content (AvgIpc) is 3.39. The number of hydrogen-bond acceptors (Lipinski definition) is 5. The quantitative estimate of drug-likeness (QED) is 0.317. The average molecular weight is 505 g/mol. The van der Waals surface area contributed by atoms with Crippen LogP contribution in [0.3, 0.4) is 0 Å². The number of thiophene rings is 1. The third kappa shape index (κ3) is 4.61. The third-order valence-corrected chi connectivity index (χ3v) is 6.47. The molecule has 3 heterocycles. The van der Waals surface area contributed by atoms with Gasteiger partial charge in [-0.3, -0.25) is 14.3 Å². The summed E-state index contributed by atoms with van der Waals surface area (Å²) in [6.07, 6.45) is -5.68. The number of aromatic nitrogens is 3. The number of hydrogen-bond donors (Lipinski definition) is 2. The van der Waals surface area contributed by atoms with Crippen molar-refractivity contribution in [3.8, 4) is 11.1 Å². The van der Waals surface area contributed by atoms with Crippen LogP contribution in [0.5, 0.6) is 0 Å². The molecule has 0 fully saturated rings. The second-order valence-corrected chi connectivity index (χ2v) is 8.73. The number of carbonyl (C=O) groups excluding carboxylic acids is 2. The number of benzene rings is 1. The molecule has 1 aromatic carbocycles. The number of amides is 2. The zero-order chi connectivity index (χ0) is 25.4. The first-order chi connectivity index (χ1) is 16.6. The van der Waals surface area contributed by atoms with Gasteiger partial charge in [-0.25, -0.2) is 22.5 Å². The highest BCUT2D eigenvalue weighted by Crippen LogP contribution is 2.42. The Labute approximate surface area is 200 Å². The maximum Gasteiger partial charge on any atom is 0.282 e. The van der Waals surface area contributed by atoms with Gasteiger partial charge in [0.1, 0.15) is 27.1 Å². The summed E-state index contributed by atoms with van der Waals surface area (Å²) in [4.78, 5) is 29.3. The van der Waals surface area contributed by atoms with Gasteiger partial charge in [0.25, 0.3) is 18.8 Å². The van der Waals surface area contributed by atoms with Crippen LogP contribution in [0, 0.1) is 6.92 Å². The molecule has 0 aliphatic carbocycles. The van der Waals surface area contributed by atoms with E-state index >= 15 is 0 Å². The van der Waals surface area contributed by atoms with Crippen molar-refractivity contribution in [1.82, 2.24) is 14.8 Å². The molecule has 0 radical (unpaired) electrons. The lowest BCUT2D eigenvalue weighted by molar-refractivity contribution is -0.119. The molecule has 7 nitrogen and oxygen atoms in total. The molecule has 0 aliphatic rings. The summed E-state index contributed by atoms with van der Waals surface area (Å²) >= 11 is 0.778. The number of nitrogens with one attached hydrogen (secondary N) is 1. The Morgan fingerprint density at radius 1 is 1.06 bits per heavy atom. The van der Waals surface area contributed by atoms with E-state index < -0.39 is 42.1 Å². The molecule has 4 aromatic rings. The van der Waals surface area contributed by atoms with Gasteiger partial charge in [-0.1, -0.05) is 30.3 Å². The Morgan fingerprint density at radius 2 is 1.71 bits per heavy atom. The van der Waals surface area contributed by atoms with Crippen molar-refractivity contribution < 1.29 is 27.2 Å². The lowest BCUT2D eigenvalue weighted by Crippen LogP contribution is -2.26. The van der Waals surface area contributed by atoms with E-state index in [9.17, 15) is 27.2 Å². The Bertz CT molecular complexity index is 1420. The fourth-order valence-electron chi connectivity index (χ4n) is 3.72. The topological polar surface area (TPSA) is 103 Å². The second-order valence-electron chi connectivity index (χ2n) is 7.73. The van der Waals surface area contributed by atoms with Gasteiger partial charge in [0.2, 0.25) is 5.91 Å². The molecule has 0 saturated heterocycles. The Balaban J connectivity index is 1.85. The number of carbonyl (C=O) groups is 2. The monoisotopic (exact) mass is 505 g/mol. The fraction of sp³-hybridized carbons (Fsp3) is 0.217. The van der Waals surface area contributed by atoms with E-state index in [1.165, 1.54) is 26.0 Å². The molecule has 35 heavy (non-hydrogen) atoms. The lowest BCUT2D eigenvalue weighted by Gasteiger charge is -2.16. The van der Waals surface area contributed by atoms with Crippen LogP contribution in [0.1, 0.15) is 52.6 Å². The summed E-state index contributed by atoms with van der Waals surface area (Å²) in [7, 11) is 0. The highest BCUT2D eigenvalue weighted by molar-refractivity contribution is 7.21. The van der Waals surface area contributed by atoms with E-state index in [0.29, 0.717) is 16.8 Å². The number of alkyl halides is 4. The first-order valence-electron chi connectivity index (χ1n) is 10.3. The summed E-state index contributed by atoms with van der Waals surface area (Å²) in [5, 5.41) is 6.70. The number of rotatable bonds is 7. The number of halogens is 4. The van der Waals surface area contributed by atoms with Crippen molar-refractivity contribution in [2.24, 2.45) is 5.73 Å². The number of fused-ring (bicyclic) bond motifs is 1. The first kappa shape index (κ1) is 24.3. The van der Waals surface area contributed by atoms with Gasteiger partial charge in [0.15, 0.2) is 0 Å². The van der Waals surface area contributed by atoms with Crippen LogP contribution in [0.2, 0.25) is 0 Å². The normalized spacial score (nSPS) is 12.5. The van der Waals surface area contributed by atoms with Crippen molar-refractivity contribution in [1.29, 1.82) is 0 Å². The smallest absolute Gasteiger partial charge is 0.282 e. The second kappa shape index (κ2) is 9.45. The number of pyridine rings is 1. The number of anilines is 1. The lowest BCUT2D eigenvalue weighted by atomic mass is 10.0. The van der Waals surface area contributed by atoms with Gasteiger partial charge in [0, 0.05) is 11.1 Å². The molecule has 4 rings (SSSR count). The third-order valence-electron chi connectivity index (χ3n) is 5.37. The van der Waals surface area contributed by atoms with Gasteiger partial charge in [-0.2, -0.15) is 5.10 Å². The van der Waals surface area contributed by atoms with E-state index in [0.717, 1.165) is 16.0 Å². The van der Waals surface area contributed by atoms with Crippen LogP contribution < -0.4 is 11.1 Å². The van der Waals surface area contributed by atoms with Crippen molar-refractivity contribution in [3.63, 3.8) is 0 Å². The van der Waals surface area contributed by atoms with Crippen molar-refractivity contribution in [2.75, 3.05) is 5.32 Å². The summed E-state index contributed by atoms with van der Waals surface area (Å²) < 4.78 is 54.4. The van der Waals surface area contributed by atoms with Crippen LogP contribution in [-0.4, -0.2) is 26.6 Å². The molecule has 3 N–H and O–H groups in total. The van der Waals surface area contributed by atoms with E-state index in [1.54, 1.807) is 30.3 Å². The van der Waals surface area contributed by atoms with Crippen molar-refractivity contribution in [2.45, 2.75) is 32.7 Å². The minimum Gasteiger partial charge on any atom is -0.365 e. The maximum absolute atomic E-state index is 13.6. The van der Waals surface area contributed by atoms with Crippen LogP contribution in [0.4, 0.5) is 23.2 Å². The van der Waals surface area contributed by atoms with Crippen molar-refractivity contribution in [3.05, 3.63) is 64.4 Å². The largest absolute Gasteiger partial charge is 0.365 e. The van der Waals surface area contributed by atoms with Gasteiger partial charge in [0.05, 0.1) is 5.69 Å². The molecule has 0 spiro atoms. The molecule has 0 saturated carbocycles. The number of nitrogens with zero attached hydrogens (tertiary/aromatic N) is 3. The van der Waals surface area contributed by atoms with E-state index in [2.05, 4.69) is 15.4 Å². The van der Waals surface area contributed by atoms with E-state index in [1.807, 2.05) is 0 Å². The minimum atomic E-state index is -2.87. The molecule has 0 aliphatic heterocycles. The first-order valence-corrected chi connectivity index (χ1v) is 11.2. The standard InChI is InChI=1S/C23H19F4N5O2S/c1-10-8-15(20(26)27)31-32(10)11(2)22(34)30-17-16-13(12-6-4-3-5-7-12)9-14(19(24)25)29-23(16)35-18(17)21(28)33/h3-9,11,19-20H,1-2H3,(H2,28,33)(H,30,34). The number of primary amides is 1. The molecule has 1 unspecified atom stereocenters. The van der Waals surface area contributed by atoms with Crippen LogP contribution in [-0.2, 0) is 4.79 Å².